The summed E-state index contributed by atoms with van der Waals surface area (Å²) in [4.78, 5) is 0. The minimum atomic E-state index is -0.249. The van der Waals surface area contributed by atoms with E-state index in [-0.39, 0.29) is 25.0 Å². The molecule has 0 spiro atoms. The first-order valence-corrected chi connectivity index (χ1v) is 10.9. The molecule has 0 saturated carbocycles. The maximum atomic E-state index is 14.7. The first-order valence-electron chi connectivity index (χ1n) is 9.93. The van der Waals surface area contributed by atoms with Gasteiger partial charge >= 0.3 is 0 Å². The number of phenolic OH excluding ortho intramolecular Hbond substituents is 1. The highest BCUT2D eigenvalue weighted by Crippen LogP contribution is 2.52. The van der Waals surface area contributed by atoms with Crippen LogP contribution in [0, 0.1) is 19.7 Å². The van der Waals surface area contributed by atoms with E-state index in [1.807, 2.05) is 19.1 Å². The van der Waals surface area contributed by atoms with Crippen LogP contribution in [0.3, 0.4) is 0 Å². The van der Waals surface area contributed by atoms with Gasteiger partial charge < -0.3 is 5.11 Å². The molecular formula is C24H34FOP. The van der Waals surface area contributed by atoms with Crippen LogP contribution in [-0.2, 0) is 10.6 Å². The van der Waals surface area contributed by atoms with E-state index in [1.54, 1.807) is 6.07 Å². The summed E-state index contributed by atoms with van der Waals surface area (Å²) in [7, 11) is 0.283. The van der Waals surface area contributed by atoms with Crippen molar-refractivity contribution in [2.75, 3.05) is 0 Å². The van der Waals surface area contributed by atoms with Gasteiger partial charge in [0.1, 0.15) is 11.6 Å². The maximum Gasteiger partial charge on any atom is 0.130 e. The first kappa shape index (κ1) is 21.9. The molecule has 0 aliphatic heterocycles. The molecule has 1 N–H and O–H groups in total. The highest BCUT2D eigenvalue weighted by molar-refractivity contribution is 7.48. The zero-order valence-electron chi connectivity index (χ0n) is 17.8. The number of benzene rings is 2. The number of halogens is 1. The summed E-state index contributed by atoms with van der Waals surface area (Å²) in [5.74, 6) is 0.258. The van der Waals surface area contributed by atoms with Crippen molar-refractivity contribution in [2.45, 2.75) is 78.3 Å². The van der Waals surface area contributed by atoms with Crippen molar-refractivity contribution in [3.8, 4) is 5.75 Å². The minimum absolute atomic E-state index is 0.134. The average molecular weight is 389 g/mol. The topological polar surface area (TPSA) is 20.2 Å². The van der Waals surface area contributed by atoms with E-state index in [0.29, 0.717) is 5.75 Å². The fourth-order valence-electron chi connectivity index (χ4n) is 3.84. The smallest absolute Gasteiger partial charge is 0.130 e. The van der Waals surface area contributed by atoms with Crippen molar-refractivity contribution in [3.63, 3.8) is 0 Å². The van der Waals surface area contributed by atoms with Gasteiger partial charge in [-0.05, 0) is 49.3 Å². The fourth-order valence-corrected chi connectivity index (χ4v) is 5.59. The monoisotopic (exact) mass is 388 g/mol. The lowest BCUT2D eigenvalue weighted by molar-refractivity contribution is 0.420. The molecule has 0 fully saturated rings. The lowest BCUT2D eigenvalue weighted by Gasteiger charge is -2.36. The van der Waals surface area contributed by atoms with Crippen LogP contribution in [0.25, 0.3) is 0 Å². The van der Waals surface area contributed by atoms with Gasteiger partial charge in [-0.3, -0.25) is 0 Å². The molecule has 2 aromatic rings. The van der Waals surface area contributed by atoms with Gasteiger partial charge in [0.15, 0.2) is 0 Å². The number of aryl methyl sites for hydroxylation is 2. The molecule has 2 unspecified atom stereocenters. The van der Waals surface area contributed by atoms with Gasteiger partial charge in [-0.1, -0.05) is 79.4 Å². The standard InChI is InChI=1S/C24H34FOP/c1-8-12-24(9-2,27-21-11-10-16(3)15-20(21)25)19-14-17(4)13-18(22(19)26)23(5,6)7/h10-11,13-15,26-27H,8-9,12H2,1-7H3. The molecule has 0 amide bonds. The Morgan fingerprint density at radius 3 is 2.11 bits per heavy atom. The molecule has 0 radical (unpaired) electrons. The van der Waals surface area contributed by atoms with Gasteiger partial charge in [0.2, 0.25) is 0 Å². The van der Waals surface area contributed by atoms with Crippen molar-refractivity contribution in [2.24, 2.45) is 0 Å². The number of phenols is 1. The largest absolute Gasteiger partial charge is 0.507 e. The lowest BCUT2D eigenvalue weighted by Crippen LogP contribution is -2.25. The molecule has 0 heterocycles. The third kappa shape index (κ3) is 4.72. The molecular weight excluding hydrogens is 354 g/mol. The van der Waals surface area contributed by atoms with Crippen LogP contribution in [0.1, 0.15) is 76.1 Å². The van der Waals surface area contributed by atoms with Gasteiger partial charge in [-0.15, -0.1) is 0 Å². The van der Waals surface area contributed by atoms with Crippen molar-refractivity contribution in [1.29, 1.82) is 0 Å². The van der Waals surface area contributed by atoms with Gasteiger partial charge in [0.25, 0.3) is 0 Å². The molecule has 148 valence electrons. The van der Waals surface area contributed by atoms with Crippen LogP contribution in [-0.4, -0.2) is 5.11 Å². The Kier molecular flexibility index (Phi) is 6.74. The highest BCUT2D eigenvalue weighted by Gasteiger charge is 2.35. The van der Waals surface area contributed by atoms with Crippen LogP contribution < -0.4 is 5.30 Å². The molecule has 2 atom stereocenters. The Balaban J connectivity index is 2.67. The molecule has 3 heteroatoms. The fraction of sp³-hybridized carbons (Fsp3) is 0.500. The van der Waals surface area contributed by atoms with E-state index in [1.165, 1.54) is 0 Å². The molecule has 2 rings (SSSR count). The van der Waals surface area contributed by atoms with Gasteiger partial charge in [-0.25, -0.2) is 4.39 Å². The van der Waals surface area contributed by atoms with E-state index in [2.05, 4.69) is 53.7 Å². The van der Waals surface area contributed by atoms with Gasteiger partial charge in [0.05, 0.1) is 0 Å². The summed E-state index contributed by atoms with van der Waals surface area (Å²) < 4.78 is 14.7. The molecule has 0 aliphatic carbocycles. The van der Waals surface area contributed by atoms with Crippen molar-refractivity contribution >= 4 is 13.9 Å². The second-order valence-electron chi connectivity index (χ2n) is 8.75. The first-order chi connectivity index (χ1) is 12.5. The summed E-state index contributed by atoms with van der Waals surface area (Å²) in [6.07, 6.45) is 2.79. The van der Waals surface area contributed by atoms with E-state index < -0.39 is 0 Å². The summed E-state index contributed by atoms with van der Waals surface area (Å²) in [5.41, 5.74) is 3.90. The molecule has 1 nitrogen and oxygen atoms in total. The second kappa shape index (κ2) is 8.31. The predicted molar refractivity (Wildman–Crippen MR) is 118 cm³/mol. The van der Waals surface area contributed by atoms with E-state index in [0.717, 1.165) is 46.8 Å². The molecule has 0 aliphatic rings. The SMILES string of the molecule is CCCC(CC)(Pc1ccc(C)cc1F)c1cc(C)cc(C(C)(C)C)c1O. The Hall–Kier alpha value is -1.40. The van der Waals surface area contributed by atoms with Crippen LogP contribution in [0.5, 0.6) is 5.75 Å². The lowest BCUT2D eigenvalue weighted by atomic mass is 9.80. The summed E-state index contributed by atoms with van der Waals surface area (Å²) in [5, 5.41) is 11.8. The van der Waals surface area contributed by atoms with Crippen LogP contribution in [0.15, 0.2) is 30.3 Å². The Labute approximate surface area is 166 Å². The summed E-state index contributed by atoms with van der Waals surface area (Å²) in [6.45, 7) is 14.7. The molecule has 0 bridgehead atoms. The number of aromatic hydroxyl groups is 1. The Bertz CT molecular complexity index is 807. The van der Waals surface area contributed by atoms with Crippen LogP contribution >= 0.6 is 8.58 Å². The molecule has 2 aromatic carbocycles. The average Bonchev–Trinajstić information content (AvgIpc) is 2.57. The molecule has 0 saturated heterocycles. The van der Waals surface area contributed by atoms with Crippen molar-refractivity contribution < 1.29 is 9.50 Å². The van der Waals surface area contributed by atoms with E-state index in [4.69, 9.17) is 0 Å². The molecule has 27 heavy (non-hydrogen) atoms. The van der Waals surface area contributed by atoms with Crippen LogP contribution in [0.2, 0.25) is 0 Å². The highest BCUT2D eigenvalue weighted by atomic mass is 31.1. The quantitative estimate of drug-likeness (QED) is 0.536. The van der Waals surface area contributed by atoms with Gasteiger partial charge in [-0.2, -0.15) is 0 Å². The van der Waals surface area contributed by atoms with Crippen molar-refractivity contribution in [3.05, 3.63) is 58.4 Å². The van der Waals surface area contributed by atoms with E-state index in [9.17, 15) is 9.50 Å². The number of hydrogen-bond donors (Lipinski definition) is 1. The third-order valence-corrected chi connectivity index (χ3v) is 7.38. The minimum Gasteiger partial charge on any atom is -0.507 e. The second-order valence-corrected chi connectivity index (χ2v) is 10.5. The Morgan fingerprint density at radius 1 is 0.963 bits per heavy atom. The normalized spacial score (nSPS) is 14.7. The zero-order valence-corrected chi connectivity index (χ0v) is 18.8. The third-order valence-electron chi connectivity index (χ3n) is 5.36. The summed E-state index contributed by atoms with van der Waals surface area (Å²) >= 11 is 0. The summed E-state index contributed by atoms with van der Waals surface area (Å²) in [6, 6.07) is 9.71. The number of rotatable bonds is 6. The predicted octanol–water partition coefficient (Wildman–Crippen LogP) is 6.86. The van der Waals surface area contributed by atoms with Gasteiger partial charge in [0, 0.05) is 16.0 Å². The Morgan fingerprint density at radius 2 is 1.59 bits per heavy atom. The van der Waals surface area contributed by atoms with Crippen molar-refractivity contribution in [1.82, 2.24) is 0 Å². The zero-order chi connectivity index (χ0) is 20.4. The maximum absolute atomic E-state index is 14.7. The van der Waals surface area contributed by atoms with E-state index >= 15 is 0 Å². The van der Waals surface area contributed by atoms with Crippen LogP contribution in [0.4, 0.5) is 4.39 Å². The molecule has 0 aromatic heterocycles. The number of hydrogen-bond acceptors (Lipinski definition) is 1.